The molecule has 1 aliphatic heterocycles. The normalized spacial score (nSPS) is 18.8. The summed E-state index contributed by atoms with van der Waals surface area (Å²) in [6, 6.07) is 12.6. The average molecular weight is 393 g/mol. The maximum atomic E-state index is 13.1. The monoisotopic (exact) mass is 392 g/mol. The van der Waals surface area contributed by atoms with Gasteiger partial charge in [-0.3, -0.25) is 4.79 Å². The van der Waals surface area contributed by atoms with Crippen LogP contribution in [0.4, 0.5) is 0 Å². The second-order valence-corrected chi connectivity index (χ2v) is 8.91. The molecule has 2 aromatic rings. The van der Waals surface area contributed by atoms with Crippen molar-refractivity contribution in [3.8, 4) is 0 Å². The molecule has 1 fully saturated rings. The highest BCUT2D eigenvalue weighted by molar-refractivity contribution is 7.89. The zero-order valence-electron chi connectivity index (χ0n) is 14.6. The molecule has 1 heterocycles. The number of carbonyl (C=O) groups is 1. The quantitative estimate of drug-likeness (QED) is 0.867. The molecule has 0 spiro atoms. The number of rotatable bonds is 4. The van der Waals surface area contributed by atoms with Crippen molar-refractivity contribution in [2.45, 2.75) is 30.7 Å². The largest absolute Gasteiger partial charge is 0.353 e. The first kappa shape index (κ1) is 18.9. The third kappa shape index (κ3) is 3.63. The summed E-state index contributed by atoms with van der Waals surface area (Å²) >= 11 is 5.86. The van der Waals surface area contributed by atoms with Crippen LogP contribution in [0.5, 0.6) is 0 Å². The lowest BCUT2D eigenvalue weighted by atomic mass is 9.98. The third-order valence-corrected chi connectivity index (χ3v) is 6.64. The van der Waals surface area contributed by atoms with Gasteiger partial charge in [-0.15, -0.1) is 0 Å². The van der Waals surface area contributed by atoms with E-state index in [1.807, 2.05) is 24.3 Å². The molecule has 1 saturated heterocycles. The molecular formula is C19H21ClN2O3S. The van der Waals surface area contributed by atoms with Gasteiger partial charge in [0.2, 0.25) is 15.9 Å². The lowest BCUT2D eigenvalue weighted by Gasteiger charge is -2.34. The predicted octanol–water partition coefficient (Wildman–Crippen LogP) is 3.33. The molecule has 26 heavy (non-hydrogen) atoms. The van der Waals surface area contributed by atoms with Crippen molar-refractivity contribution in [2.24, 2.45) is 0 Å². The Kier molecular flexibility index (Phi) is 5.37. The molecule has 0 aliphatic carbocycles. The summed E-state index contributed by atoms with van der Waals surface area (Å²) in [5, 5.41) is 3.22. The van der Waals surface area contributed by atoms with E-state index >= 15 is 0 Å². The van der Waals surface area contributed by atoms with Crippen LogP contribution in [0.15, 0.2) is 53.4 Å². The minimum absolute atomic E-state index is 0.125. The van der Waals surface area contributed by atoms with E-state index in [1.54, 1.807) is 0 Å². The smallest absolute Gasteiger partial charge is 0.244 e. The molecule has 7 heteroatoms. The third-order valence-electron chi connectivity index (χ3n) is 4.51. The van der Waals surface area contributed by atoms with Crippen LogP contribution in [0.2, 0.25) is 5.02 Å². The number of hydrogen-bond donors (Lipinski definition) is 1. The van der Waals surface area contributed by atoms with E-state index in [2.05, 4.69) is 19.2 Å². The Balaban J connectivity index is 2.00. The average Bonchev–Trinajstić information content (AvgIpc) is 2.62. The van der Waals surface area contributed by atoms with E-state index in [1.165, 1.54) is 28.6 Å². The zero-order chi connectivity index (χ0) is 18.9. The van der Waals surface area contributed by atoms with Crippen molar-refractivity contribution in [1.29, 1.82) is 0 Å². The van der Waals surface area contributed by atoms with Crippen molar-refractivity contribution in [1.82, 2.24) is 9.62 Å². The number of sulfonamides is 1. The molecule has 0 saturated carbocycles. The maximum Gasteiger partial charge on any atom is 0.244 e. The Labute approximate surface area is 159 Å². The van der Waals surface area contributed by atoms with Crippen molar-refractivity contribution in [3.63, 3.8) is 0 Å². The molecular weight excluding hydrogens is 372 g/mol. The summed E-state index contributed by atoms with van der Waals surface area (Å²) in [7, 11) is -3.82. The molecule has 0 aromatic heterocycles. The SMILES string of the molecule is CC(C)c1ccc(C2C(=O)NCCN2S(=O)(=O)c2ccc(Cl)cc2)cc1. The highest BCUT2D eigenvalue weighted by atomic mass is 35.5. The number of halogens is 1. The topological polar surface area (TPSA) is 66.5 Å². The van der Waals surface area contributed by atoms with Gasteiger partial charge in [0.05, 0.1) is 4.90 Å². The Morgan fingerprint density at radius 1 is 1.08 bits per heavy atom. The van der Waals surface area contributed by atoms with Crippen molar-refractivity contribution in [2.75, 3.05) is 13.1 Å². The standard InChI is InChI=1S/C19H21ClN2O3S/c1-13(2)14-3-5-15(6-4-14)18-19(23)21-11-12-22(18)26(24,25)17-9-7-16(20)8-10-17/h3-10,13,18H,11-12H2,1-2H3,(H,21,23). The van der Waals surface area contributed by atoms with Crippen LogP contribution >= 0.6 is 11.6 Å². The molecule has 3 rings (SSSR count). The first-order valence-electron chi connectivity index (χ1n) is 8.45. The molecule has 0 bridgehead atoms. The highest BCUT2D eigenvalue weighted by Gasteiger charge is 2.39. The lowest BCUT2D eigenvalue weighted by Crippen LogP contribution is -2.52. The highest BCUT2D eigenvalue weighted by Crippen LogP contribution is 2.31. The number of carbonyl (C=O) groups excluding carboxylic acids is 1. The van der Waals surface area contributed by atoms with Gasteiger partial charge in [0.1, 0.15) is 6.04 Å². The van der Waals surface area contributed by atoms with Crippen molar-refractivity contribution in [3.05, 3.63) is 64.7 Å². The molecule has 1 atom stereocenters. The summed E-state index contributed by atoms with van der Waals surface area (Å²) in [4.78, 5) is 12.6. The van der Waals surface area contributed by atoms with E-state index in [-0.39, 0.29) is 23.9 Å². The Morgan fingerprint density at radius 3 is 2.27 bits per heavy atom. The van der Waals surface area contributed by atoms with Gasteiger partial charge in [-0.2, -0.15) is 4.31 Å². The molecule has 1 unspecified atom stereocenters. The van der Waals surface area contributed by atoms with E-state index in [4.69, 9.17) is 11.6 Å². The lowest BCUT2D eigenvalue weighted by molar-refractivity contribution is -0.126. The molecule has 1 aliphatic rings. The molecule has 0 radical (unpaired) electrons. The number of hydrogen-bond acceptors (Lipinski definition) is 3. The van der Waals surface area contributed by atoms with Gasteiger partial charge >= 0.3 is 0 Å². The summed E-state index contributed by atoms with van der Waals surface area (Å²) in [6.07, 6.45) is 0. The van der Waals surface area contributed by atoms with Gasteiger partial charge in [-0.05, 0) is 41.3 Å². The fraction of sp³-hybridized carbons (Fsp3) is 0.316. The van der Waals surface area contributed by atoms with Crippen LogP contribution in [-0.2, 0) is 14.8 Å². The molecule has 138 valence electrons. The van der Waals surface area contributed by atoms with Gasteiger partial charge in [0.25, 0.3) is 0 Å². The summed E-state index contributed by atoms with van der Waals surface area (Å²) in [5.41, 5.74) is 1.79. The Hall–Kier alpha value is -1.89. The van der Waals surface area contributed by atoms with E-state index in [9.17, 15) is 13.2 Å². The molecule has 5 nitrogen and oxygen atoms in total. The number of nitrogens with zero attached hydrogens (tertiary/aromatic N) is 1. The molecule has 1 N–H and O–H groups in total. The van der Waals surface area contributed by atoms with Gasteiger partial charge in [-0.25, -0.2) is 8.42 Å². The summed E-state index contributed by atoms with van der Waals surface area (Å²) in [5.74, 6) is 0.0456. The van der Waals surface area contributed by atoms with Crippen LogP contribution in [0.1, 0.15) is 36.9 Å². The van der Waals surface area contributed by atoms with Gasteiger partial charge in [-0.1, -0.05) is 49.7 Å². The van der Waals surface area contributed by atoms with Crippen LogP contribution in [-0.4, -0.2) is 31.7 Å². The van der Waals surface area contributed by atoms with Gasteiger partial charge in [0.15, 0.2) is 0 Å². The van der Waals surface area contributed by atoms with Gasteiger partial charge in [0, 0.05) is 18.1 Å². The van der Waals surface area contributed by atoms with Crippen molar-refractivity contribution >= 4 is 27.5 Å². The minimum atomic E-state index is -3.82. The fourth-order valence-corrected chi connectivity index (χ4v) is 4.73. The van der Waals surface area contributed by atoms with E-state index in [0.29, 0.717) is 16.5 Å². The van der Waals surface area contributed by atoms with E-state index in [0.717, 1.165) is 5.56 Å². The predicted molar refractivity (Wildman–Crippen MR) is 102 cm³/mol. The zero-order valence-corrected chi connectivity index (χ0v) is 16.2. The Bertz CT molecular complexity index is 893. The summed E-state index contributed by atoms with van der Waals surface area (Å²) in [6.45, 7) is 4.67. The van der Waals surface area contributed by atoms with Crippen LogP contribution in [0, 0.1) is 0 Å². The first-order chi connectivity index (χ1) is 12.3. The van der Waals surface area contributed by atoms with Crippen LogP contribution in [0.25, 0.3) is 0 Å². The number of piperazine rings is 1. The van der Waals surface area contributed by atoms with Gasteiger partial charge < -0.3 is 5.32 Å². The second kappa shape index (κ2) is 7.39. The fourth-order valence-electron chi connectivity index (χ4n) is 3.03. The number of amides is 1. The number of benzene rings is 2. The summed E-state index contributed by atoms with van der Waals surface area (Å²) < 4.78 is 27.5. The number of nitrogens with one attached hydrogen (secondary N) is 1. The van der Waals surface area contributed by atoms with Crippen LogP contribution < -0.4 is 5.32 Å². The molecule has 2 aromatic carbocycles. The second-order valence-electron chi connectivity index (χ2n) is 6.58. The Morgan fingerprint density at radius 2 is 1.69 bits per heavy atom. The van der Waals surface area contributed by atoms with Crippen molar-refractivity contribution < 1.29 is 13.2 Å². The van der Waals surface area contributed by atoms with Crippen LogP contribution in [0.3, 0.4) is 0 Å². The van der Waals surface area contributed by atoms with E-state index < -0.39 is 16.1 Å². The molecule has 1 amide bonds. The first-order valence-corrected chi connectivity index (χ1v) is 10.3. The minimum Gasteiger partial charge on any atom is -0.353 e. The maximum absolute atomic E-state index is 13.1.